The number of carbonyl (C=O) groups excluding carboxylic acids is 2. The summed E-state index contributed by atoms with van der Waals surface area (Å²) in [7, 11) is 1.61. The summed E-state index contributed by atoms with van der Waals surface area (Å²) in [6.07, 6.45) is 0.263. The van der Waals surface area contributed by atoms with Gasteiger partial charge in [0.25, 0.3) is 0 Å². The molecule has 2 aromatic rings. The first-order chi connectivity index (χ1) is 14.0. The average Bonchev–Trinajstić information content (AvgIpc) is 3.15. The summed E-state index contributed by atoms with van der Waals surface area (Å²) in [5, 5.41) is 0.712. The van der Waals surface area contributed by atoms with Gasteiger partial charge in [0, 0.05) is 55.5 Å². The van der Waals surface area contributed by atoms with Gasteiger partial charge in [-0.15, -0.1) is 0 Å². The first kappa shape index (κ1) is 19.6. The molecule has 0 N–H and O–H groups in total. The van der Waals surface area contributed by atoms with Crippen LogP contribution in [-0.4, -0.2) is 56.5 Å². The average molecular weight is 414 g/mol. The lowest BCUT2D eigenvalue weighted by Gasteiger charge is -2.37. The van der Waals surface area contributed by atoms with E-state index in [4.69, 9.17) is 16.3 Å². The van der Waals surface area contributed by atoms with E-state index in [1.165, 1.54) is 0 Å². The van der Waals surface area contributed by atoms with Crippen molar-refractivity contribution in [1.29, 1.82) is 0 Å². The van der Waals surface area contributed by atoms with Crippen LogP contribution in [0.15, 0.2) is 48.5 Å². The van der Waals surface area contributed by atoms with Crippen LogP contribution in [0.1, 0.15) is 6.42 Å². The quantitative estimate of drug-likeness (QED) is 0.773. The summed E-state index contributed by atoms with van der Waals surface area (Å²) in [6, 6.07) is 15.1. The second-order valence-electron chi connectivity index (χ2n) is 7.40. The van der Waals surface area contributed by atoms with Gasteiger partial charge in [-0.25, -0.2) is 0 Å². The molecule has 0 unspecified atom stereocenters. The molecule has 6 nitrogen and oxygen atoms in total. The molecule has 4 rings (SSSR count). The minimum Gasteiger partial charge on any atom is -0.497 e. The maximum atomic E-state index is 13.0. The normalized spacial score (nSPS) is 19.6. The Morgan fingerprint density at radius 1 is 1.03 bits per heavy atom. The van der Waals surface area contributed by atoms with Crippen molar-refractivity contribution in [2.45, 2.75) is 6.42 Å². The van der Waals surface area contributed by atoms with Gasteiger partial charge in [-0.3, -0.25) is 9.59 Å². The van der Waals surface area contributed by atoms with Crippen LogP contribution >= 0.6 is 11.6 Å². The van der Waals surface area contributed by atoms with E-state index < -0.39 is 0 Å². The molecule has 0 saturated carbocycles. The van der Waals surface area contributed by atoms with Crippen LogP contribution in [0.25, 0.3) is 0 Å². The zero-order chi connectivity index (χ0) is 20.4. The second kappa shape index (κ2) is 8.33. The van der Waals surface area contributed by atoms with Gasteiger partial charge in [0.15, 0.2) is 0 Å². The van der Waals surface area contributed by atoms with E-state index >= 15 is 0 Å². The molecule has 0 radical (unpaired) electrons. The van der Waals surface area contributed by atoms with E-state index in [2.05, 4.69) is 4.90 Å². The molecular formula is C22H24ClN3O3. The number of hydrogen-bond donors (Lipinski definition) is 0. The Kier molecular flexibility index (Phi) is 5.62. The predicted molar refractivity (Wildman–Crippen MR) is 114 cm³/mol. The number of amides is 2. The third-order valence-corrected chi connectivity index (χ3v) is 5.86. The first-order valence-corrected chi connectivity index (χ1v) is 10.2. The number of nitrogens with zero attached hydrogens (tertiary/aromatic N) is 3. The van der Waals surface area contributed by atoms with Gasteiger partial charge in [-0.05, 0) is 42.5 Å². The predicted octanol–water partition coefficient (Wildman–Crippen LogP) is 3.05. The highest BCUT2D eigenvalue weighted by Crippen LogP contribution is 2.28. The molecule has 2 heterocycles. The number of rotatable bonds is 4. The third kappa shape index (κ3) is 4.17. The zero-order valence-electron chi connectivity index (χ0n) is 16.4. The first-order valence-electron chi connectivity index (χ1n) is 9.79. The van der Waals surface area contributed by atoms with E-state index in [0.29, 0.717) is 24.7 Å². The minimum absolute atomic E-state index is 0.00826. The molecule has 2 saturated heterocycles. The van der Waals surface area contributed by atoms with Crippen molar-refractivity contribution in [2.75, 3.05) is 49.6 Å². The molecule has 152 valence electrons. The number of benzene rings is 2. The van der Waals surface area contributed by atoms with Crippen LogP contribution in [0.4, 0.5) is 11.4 Å². The summed E-state index contributed by atoms with van der Waals surface area (Å²) in [6.45, 7) is 3.25. The van der Waals surface area contributed by atoms with Gasteiger partial charge >= 0.3 is 0 Å². The molecule has 0 bridgehead atoms. The fourth-order valence-electron chi connectivity index (χ4n) is 4.00. The molecular weight excluding hydrogens is 390 g/mol. The molecule has 2 aliphatic rings. The van der Waals surface area contributed by atoms with Crippen LogP contribution in [0.3, 0.4) is 0 Å². The van der Waals surface area contributed by atoms with Crippen molar-refractivity contribution in [3.8, 4) is 5.75 Å². The van der Waals surface area contributed by atoms with E-state index in [0.717, 1.165) is 30.2 Å². The maximum Gasteiger partial charge on any atom is 0.228 e. The maximum absolute atomic E-state index is 13.0. The van der Waals surface area contributed by atoms with Crippen LogP contribution in [0.5, 0.6) is 5.75 Å². The van der Waals surface area contributed by atoms with E-state index in [1.54, 1.807) is 12.0 Å². The Labute approximate surface area is 175 Å². The molecule has 1 atom stereocenters. The summed E-state index contributed by atoms with van der Waals surface area (Å²) in [4.78, 5) is 31.3. The lowest BCUT2D eigenvalue weighted by Crippen LogP contribution is -2.50. The van der Waals surface area contributed by atoms with Gasteiger partial charge in [-0.2, -0.15) is 0 Å². The minimum atomic E-state index is -0.290. The van der Waals surface area contributed by atoms with E-state index in [-0.39, 0.29) is 24.2 Å². The van der Waals surface area contributed by atoms with Gasteiger partial charge in [-0.1, -0.05) is 17.7 Å². The fourth-order valence-corrected chi connectivity index (χ4v) is 4.19. The molecule has 0 aromatic heterocycles. The Bertz CT molecular complexity index is 894. The summed E-state index contributed by atoms with van der Waals surface area (Å²) < 4.78 is 5.17. The highest BCUT2D eigenvalue weighted by molar-refractivity contribution is 6.30. The van der Waals surface area contributed by atoms with Crippen LogP contribution < -0.4 is 14.5 Å². The highest BCUT2D eigenvalue weighted by Gasteiger charge is 2.38. The van der Waals surface area contributed by atoms with E-state index in [1.807, 2.05) is 53.4 Å². The topological polar surface area (TPSA) is 53.1 Å². The molecule has 7 heteroatoms. The molecule has 29 heavy (non-hydrogen) atoms. The Morgan fingerprint density at radius 3 is 2.41 bits per heavy atom. The van der Waals surface area contributed by atoms with Gasteiger partial charge in [0.2, 0.25) is 11.8 Å². The van der Waals surface area contributed by atoms with Crippen molar-refractivity contribution >= 4 is 34.8 Å². The second-order valence-corrected chi connectivity index (χ2v) is 7.83. The van der Waals surface area contributed by atoms with E-state index in [9.17, 15) is 9.59 Å². The summed E-state index contributed by atoms with van der Waals surface area (Å²) >= 11 is 6.09. The molecule has 0 aliphatic carbocycles. The van der Waals surface area contributed by atoms with Gasteiger partial charge in [0.05, 0.1) is 13.0 Å². The standard InChI is InChI=1S/C22H24ClN3O3/c1-29-20-7-5-18(6-8-20)26-15-16(13-21(26)27)22(28)25-11-9-24(10-12-25)19-4-2-3-17(23)14-19/h2-8,14,16H,9-13,15H2,1H3/t16-/m0/s1. The van der Waals surface area contributed by atoms with Crippen LogP contribution in [0, 0.1) is 5.92 Å². The number of methoxy groups -OCH3 is 1. The van der Waals surface area contributed by atoms with Crippen molar-refractivity contribution in [3.05, 3.63) is 53.6 Å². The van der Waals surface area contributed by atoms with Crippen molar-refractivity contribution in [3.63, 3.8) is 0 Å². The SMILES string of the molecule is COc1ccc(N2C[C@@H](C(=O)N3CCN(c4cccc(Cl)c4)CC3)CC2=O)cc1. The van der Waals surface area contributed by atoms with Crippen LogP contribution in [0.2, 0.25) is 5.02 Å². The number of halogens is 1. The Hall–Kier alpha value is -2.73. The van der Waals surface area contributed by atoms with Gasteiger partial charge < -0.3 is 19.4 Å². The number of piperazine rings is 1. The smallest absolute Gasteiger partial charge is 0.228 e. The van der Waals surface area contributed by atoms with Crippen molar-refractivity contribution in [2.24, 2.45) is 5.92 Å². The fraction of sp³-hybridized carbons (Fsp3) is 0.364. The van der Waals surface area contributed by atoms with Crippen LogP contribution in [-0.2, 0) is 9.59 Å². The monoisotopic (exact) mass is 413 g/mol. The number of carbonyl (C=O) groups is 2. The molecule has 2 amide bonds. The largest absolute Gasteiger partial charge is 0.497 e. The molecule has 2 aromatic carbocycles. The zero-order valence-corrected chi connectivity index (χ0v) is 17.1. The van der Waals surface area contributed by atoms with Crippen molar-refractivity contribution in [1.82, 2.24) is 4.90 Å². The molecule has 2 aliphatic heterocycles. The summed E-state index contributed by atoms with van der Waals surface area (Å²) in [5.41, 5.74) is 1.88. The van der Waals surface area contributed by atoms with Gasteiger partial charge in [0.1, 0.15) is 5.75 Å². The Morgan fingerprint density at radius 2 is 1.76 bits per heavy atom. The number of anilines is 2. The third-order valence-electron chi connectivity index (χ3n) is 5.62. The summed E-state index contributed by atoms with van der Waals surface area (Å²) in [5.74, 6) is 0.513. The molecule has 2 fully saturated rings. The number of hydrogen-bond acceptors (Lipinski definition) is 4. The highest BCUT2D eigenvalue weighted by atomic mass is 35.5. The number of ether oxygens (including phenoxy) is 1. The Balaban J connectivity index is 1.36. The molecule has 0 spiro atoms. The lowest BCUT2D eigenvalue weighted by molar-refractivity contribution is -0.136. The lowest BCUT2D eigenvalue weighted by atomic mass is 10.1. The van der Waals surface area contributed by atoms with Crippen molar-refractivity contribution < 1.29 is 14.3 Å².